The van der Waals surface area contributed by atoms with Crippen molar-refractivity contribution in [1.82, 2.24) is 5.32 Å². The molecule has 0 spiro atoms. The van der Waals surface area contributed by atoms with Crippen molar-refractivity contribution < 1.29 is 18.0 Å². The Morgan fingerprint density at radius 3 is 2.74 bits per heavy atom. The van der Waals surface area contributed by atoms with E-state index in [1.807, 2.05) is 18.2 Å². The quantitative estimate of drug-likeness (QED) is 0.662. The SMILES string of the molecule is O=C(NCC#Cc1cccc(SCC2CCCC2)c1)C(F)(F)F. The largest absolute Gasteiger partial charge is 0.471 e. The van der Waals surface area contributed by atoms with Gasteiger partial charge in [-0.25, -0.2) is 0 Å². The zero-order valence-corrected chi connectivity index (χ0v) is 13.4. The Kier molecular flexibility index (Phi) is 6.40. The Bertz CT molecular complexity index is 598. The van der Waals surface area contributed by atoms with Crippen molar-refractivity contribution in [2.45, 2.75) is 36.8 Å². The van der Waals surface area contributed by atoms with Gasteiger partial charge in [0.1, 0.15) is 0 Å². The molecule has 1 saturated carbocycles. The first-order valence-corrected chi connectivity index (χ1v) is 8.50. The Balaban J connectivity index is 1.82. The maximum Gasteiger partial charge on any atom is 0.471 e. The third kappa shape index (κ3) is 6.19. The van der Waals surface area contributed by atoms with Gasteiger partial charge in [0.25, 0.3) is 0 Å². The van der Waals surface area contributed by atoms with Crippen LogP contribution in [-0.4, -0.2) is 24.4 Å². The average Bonchev–Trinajstić information content (AvgIpc) is 3.02. The van der Waals surface area contributed by atoms with Gasteiger partial charge in [0, 0.05) is 16.2 Å². The van der Waals surface area contributed by atoms with E-state index in [2.05, 4.69) is 11.8 Å². The van der Waals surface area contributed by atoms with E-state index in [0.29, 0.717) is 0 Å². The highest BCUT2D eigenvalue weighted by Crippen LogP contribution is 2.31. The zero-order chi connectivity index (χ0) is 16.7. The first kappa shape index (κ1) is 17.7. The number of nitrogens with one attached hydrogen (secondary N) is 1. The molecule has 0 aliphatic heterocycles. The fourth-order valence-corrected chi connectivity index (χ4v) is 3.57. The highest BCUT2D eigenvalue weighted by Gasteiger charge is 2.38. The molecule has 0 saturated heterocycles. The molecule has 6 heteroatoms. The molecule has 0 aromatic heterocycles. The number of amides is 1. The second-order valence-electron chi connectivity index (χ2n) is 5.47. The molecule has 1 aromatic rings. The van der Waals surface area contributed by atoms with Crippen LogP contribution in [0.5, 0.6) is 0 Å². The molecule has 2 rings (SSSR count). The van der Waals surface area contributed by atoms with Crippen LogP contribution in [0.2, 0.25) is 0 Å². The Morgan fingerprint density at radius 2 is 2.04 bits per heavy atom. The Labute approximate surface area is 138 Å². The summed E-state index contributed by atoms with van der Waals surface area (Å²) in [6, 6.07) is 7.63. The van der Waals surface area contributed by atoms with Gasteiger partial charge in [-0.3, -0.25) is 4.79 Å². The number of rotatable bonds is 4. The second kappa shape index (κ2) is 8.30. The predicted molar refractivity (Wildman–Crippen MR) is 85.1 cm³/mol. The first-order chi connectivity index (χ1) is 10.9. The van der Waals surface area contributed by atoms with Gasteiger partial charge < -0.3 is 5.32 Å². The lowest BCUT2D eigenvalue weighted by molar-refractivity contribution is -0.173. The first-order valence-electron chi connectivity index (χ1n) is 7.52. The van der Waals surface area contributed by atoms with Crippen LogP contribution < -0.4 is 5.32 Å². The van der Waals surface area contributed by atoms with Gasteiger partial charge in [-0.1, -0.05) is 30.7 Å². The van der Waals surface area contributed by atoms with Crippen LogP contribution in [0.25, 0.3) is 0 Å². The maximum atomic E-state index is 12.0. The molecule has 0 atom stereocenters. The highest BCUT2D eigenvalue weighted by molar-refractivity contribution is 7.99. The van der Waals surface area contributed by atoms with Crippen LogP contribution in [0.1, 0.15) is 31.2 Å². The summed E-state index contributed by atoms with van der Waals surface area (Å²) in [5.74, 6) is 5.23. The summed E-state index contributed by atoms with van der Waals surface area (Å²) in [7, 11) is 0. The van der Waals surface area contributed by atoms with Gasteiger partial charge in [0.15, 0.2) is 0 Å². The summed E-state index contributed by atoms with van der Waals surface area (Å²) < 4.78 is 36.0. The third-order valence-electron chi connectivity index (χ3n) is 3.62. The van der Waals surface area contributed by atoms with Crippen LogP contribution in [0.3, 0.4) is 0 Å². The maximum absolute atomic E-state index is 12.0. The zero-order valence-electron chi connectivity index (χ0n) is 12.6. The van der Waals surface area contributed by atoms with Crippen LogP contribution in [0.4, 0.5) is 13.2 Å². The van der Waals surface area contributed by atoms with Crippen molar-refractivity contribution in [3.05, 3.63) is 29.8 Å². The third-order valence-corrected chi connectivity index (χ3v) is 4.85. The summed E-state index contributed by atoms with van der Waals surface area (Å²) >= 11 is 1.79. The molecule has 1 aliphatic carbocycles. The van der Waals surface area contributed by atoms with E-state index in [9.17, 15) is 18.0 Å². The molecule has 1 fully saturated rings. The van der Waals surface area contributed by atoms with Crippen LogP contribution in [0.15, 0.2) is 29.2 Å². The van der Waals surface area contributed by atoms with Gasteiger partial charge in [-0.05, 0) is 37.0 Å². The molecular weight excluding hydrogens is 323 g/mol. The summed E-state index contributed by atoms with van der Waals surface area (Å²) in [6.07, 6.45) is 0.371. The predicted octanol–water partition coefficient (Wildman–Crippen LogP) is 4.00. The molecule has 0 radical (unpaired) electrons. The number of carbonyl (C=O) groups excluding carboxylic acids is 1. The van der Waals surface area contributed by atoms with E-state index in [0.717, 1.165) is 22.1 Å². The van der Waals surface area contributed by atoms with Crippen molar-refractivity contribution in [3.8, 4) is 11.8 Å². The molecule has 2 nitrogen and oxygen atoms in total. The number of carbonyl (C=O) groups is 1. The Morgan fingerprint density at radius 1 is 1.30 bits per heavy atom. The van der Waals surface area contributed by atoms with Gasteiger partial charge in [-0.2, -0.15) is 13.2 Å². The van der Waals surface area contributed by atoms with Crippen molar-refractivity contribution in [2.75, 3.05) is 12.3 Å². The fraction of sp³-hybridized carbons (Fsp3) is 0.471. The number of alkyl halides is 3. The van der Waals surface area contributed by atoms with Crippen LogP contribution >= 0.6 is 11.8 Å². The fourth-order valence-electron chi connectivity index (χ4n) is 2.43. The molecule has 0 unspecified atom stereocenters. The number of thioether (sulfide) groups is 1. The molecule has 1 N–H and O–H groups in total. The van der Waals surface area contributed by atoms with E-state index < -0.39 is 12.1 Å². The molecule has 1 aromatic carbocycles. The van der Waals surface area contributed by atoms with Gasteiger partial charge in [-0.15, -0.1) is 11.8 Å². The van der Waals surface area contributed by atoms with Crippen molar-refractivity contribution in [2.24, 2.45) is 5.92 Å². The normalized spacial score (nSPS) is 15.1. The highest BCUT2D eigenvalue weighted by atomic mass is 32.2. The molecule has 0 heterocycles. The summed E-state index contributed by atoms with van der Waals surface area (Å²) in [5.41, 5.74) is 0.739. The molecule has 23 heavy (non-hydrogen) atoms. The molecule has 1 amide bonds. The molecule has 124 valence electrons. The minimum Gasteiger partial charge on any atom is -0.337 e. The monoisotopic (exact) mass is 341 g/mol. The van der Waals surface area contributed by atoms with Crippen LogP contribution in [0, 0.1) is 17.8 Å². The van der Waals surface area contributed by atoms with Crippen LogP contribution in [-0.2, 0) is 4.79 Å². The number of hydrogen-bond acceptors (Lipinski definition) is 2. The lowest BCUT2D eigenvalue weighted by Crippen LogP contribution is -2.36. The number of hydrogen-bond donors (Lipinski definition) is 1. The smallest absolute Gasteiger partial charge is 0.337 e. The summed E-state index contributed by atoms with van der Waals surface area (Å²) in [5, 5.41) is 1.73. The number of benzene rings is 1. The van der Waals surface area contributed by atoms with Gasteiger partial charge in [0.05, 0.1) is 6.54 Å². The Hall–Kier alpha value is -1.61. The summed E-state index contributed by atoms with van der Waals surface area (Å²) in [6.45, 7) is -0.322. The van der Waals surface area contributed by atoms with Gasteiger partial charge >= 0.3 is 12.1 Å². The van der Waals surface area contributed by atoms with Gasteiger partial charge in [0.2, 0.25) is 0 Å². The van der Waals surface area contributed by atoms with E-state index >= 15 is 0 Å². The minimum absolute atomic E-state index is 0.322. The average molecular weight is 341 g/mol. The van der Waals surface area contributed by atoms with Crippen molar-refractivity contribution in [1.29, 1.82) is 0 Å². The van der Waals surface area contributed by atoms with Crippen molar-refractivity contribution >= 4 is 17.7 Å². The second-order valence-corrected chi connectivity index (χ2v) is 6.56. The topological polar surface area (TPSA) is 29.1 Å². The van der Waals surface area contributed by atoms with E-state index in [1.165, 1.54) is 25.7 Å². The van der Waals surface area contributed by atoms with E-state index in [-0.39, 0.29) is 6.54 Å². The standard InChI is InChI=1S/C17H18F3NOS/c18-17(19,20)16(22)21-10-4-8-13-7-3-9-15(11-13)23-12-14-5-1-2-6-14/h3,7,9,11,14H,1-2,5-6,10,12H2,(H,21,22). The van der Waals surface area contributed by atoms with E-state index in [4.69, 9.17) is 0 Å². The lowest BCUT2D eigenvalue weighted by atomic mass is 10.1. The lowest BCUT2D eigenvalue weighted by Gasteiger charge is -2.08. The van der Waals surface area contributed by atoms with Crippen molar-refractivity contribution in [3.63, 3.8) is 0 Å². The minimum atomic E-state index is -4.86. The van der Waals surface area contributed by atoms with E-state index in [1.54, 1.807) is 23.1 Å². The molecule has 1 aliphatic rings. The number of halogens is 3. The summed E-state index contributed by atoms with van der Waals surface area (Å²) in [4.78, 5) is 11.7. The molecule has 0 bridgehead atoms. The molecular formula is C17H18F3NOS.